The number of benzene rings is 1. The van der Waals surface area contributed by atoms with Crippen LogP contribution in [0.4, 0.5) is 20.6 Å². The summed E-state index contributed by atoms with van der Waals surface area (Å²) in [6, 6.07) is 4.66. The summed E-state index contributed by atoms with van der Waals surface area (Å²) in [4.78, 5) is 41.5. The summed E-state index contributed by atoms with van der Waals surface area (Å²) >= 11 is 0. The highest BCUT2D eigenvalue weighted by atomic mass is 19.1. The van der Waals surface area contributed by atoms with E-state index in [1.165, 1.54) is 17.9 Å². The number of piperidine rings is 1. The molecule has 2 saturated heterocycles. The average Bonchev–Trinajstić information content (AvgIpc) is 3.03. The highest BCUT2D eigenvalue weighted by Gasteiger charge is 2.55. The average molecular weight is 434 g/mol. The summed E-state index contributed by atoms with van der Waals surface area (Å²) in [5.41, 5.74) is 0.873. The second-order valence-corrected chi connectivity index (χ2v) is 7.92. The number of oxime groups is 1. The molecular formula is C20H23FN4O6. The van der Waals surface area contributed by atoms with Gasteiger partial charge in [-0.15, -0.1) is 0 Å². The van der Waals surface area contributed by atoms with Gasteiger partial charge in [-0.3, -0.25) is 9.69 Å². The molecule has 3 fully saturated rings. The van der Waals surface area contributed by atoms with E-state index in [0.29, 0.717) is 36.3 Å². The molecule has 0 spiro atoms. The van der Waals surface area contributed by atoms with E-state index in [4.69, 9.17) is 9.84 Å². The van der Waals surface area contributed by atoms with Gasteiger partial charge in [-0.2, -0.15) is 0 Å². The van der Waals surface area contributed by atoms with E-state index in [9.17, 15) is 18.8 Å². The SMILES string of the molecule is CC(=O)NC[C@H]1CN(c2ccc(N3C[C@@H]4C(/C=N/OCC(=O)O)[C@@H]4C3)c(F)c2)C(=O)O1. The lowest BCUT2D eigenvalue weighted by molar-refractivity contribution is -0.142. The molecule has 1 aliphatic carbocycles. The maximum atomic E-state index is 14.8. The Hall–Kier alpha value is -3.37. The van der Waals surface area contributed by atoms with Crippen LogP contribution in [0.2, 0.25) is 0 Å². The number of fused-ring (bicyclic) bond motifs is 1. The molecule has 3 aliphatic rings. The summed E-state index contributed by atoms with van der Waals surface area (Å²) in [6.45, 7) is 2.69. The van der Waals surface area contributed by atoms with Crippen LogP contribution in [0.15, 0.2) is 23.4 Å². The summed E-state index contributed by atoms with van der Waals surface area (Å²) in [5, 5.41) is 14.8. The zero-order valence-corrected chi connectivity index (χ0v) is 16.9. The number of anilines is 2. The molecule has 2 amide bonds. The molecule has 2 heterocycles. The number of carbonyl (C=O) groups excluding carboxylic acids is 2. The fraction of sp³-hybridized carbons (Fsp3) is 0.500. The standard InChI is InChI=1S/C20H23FN4O6/c1-11(26)22-5-13-7-25(20(29)31-13)12-2-3-18(17(21)4-12)24-8-15-14(16(15)9-24)6-23-30-10-19(27)28/h2-4,6,13-16H,5,7-10H2,1H3,(H,22,26)(H,27,28)/b23-6+/t13-,14?,15-,16+/m0/s1. The molecule has 0 aromatic heterocycles. The van der Waals surface area contributed by atoms with Gasteiger partial charge in [0, 0.05) is 32.1 Å². The molecule has 2 N–H and O–H groups in total. The van der Waals surface area contributed by atoms with Crippen LogP contribution in [0.3, 0.4) is 0 Å². The van der Waals surface area contributed by atoms with E-state index >= 15 is 0 Å². The van der Waals surface area contributed by atoms with Gasteiger partial charge in [0.05, 0.1) is 24.5 Å². The van der Waals surface area contributed by atoms with Gasteiger partial charge in [-0.1, -0.05) is 5.16 Å². The Bertz CT molecular complexity index is 913. The van der Waals surface area contributed by atoms with Crippen LogP contribution in [0.25, 0.3) is 0 Å². The van der Waals surface area contributed by atoms with Gasteiger partial charge in [-0.05, 0) is 30.0 Å². The summed E-state index contributed by atoms with van der Waals surface area (Å²) < 4.78 is 20.0. The predicted molar refractivity (Wildman–Crippen MR) is 107 cm³/mol. The molecule has 11 heteroatoms. The van der Waals surface area contributed by atoms with Gasteiger partial charge in [0.25, 0.3) is 0 Å². The van der Waals surface area contributed by atoms with E-state index in [0.717, 1.165) is 0 Å². The van der Waals surface area contributed by atoms with Crippen LogP contribution in [-0.2, 0) is 19.2 Å². The first-order valence-corrected chi connectivity index (χ1v) is 9.98. The van der Waals surface area contributed by atoms with Crippen LogP contribution in [0.1, 0.15) is 6.92 Å². The molecule has 4 atom stereocenters. The Morgan fingerprint density at radius 3 is 2.74 bits per heavy atom. The maximum absolute atomic E-state index is 14.8. The zero-order valence-electron chi connectivity index (χ0n) is 16.9. The van der Waals surface area contributed by atoms with Crippen molar-refractivity contribution >= 4 is 35.6 Å². The van der Waals surface area contributed by atoms with E-state index in [2.05, 4.69) is 15.3 Å². The monoisotopic (exact) mass is 434 g/mol. The van der Waals surface area contributed by atoms with E-state index < -0.39 is 30.6 Å². The molecule has 1 saturated carbocycles. The van der Waals surface area contributed by atoms with Gasteiger partial charge in [0.2, 0.25) is 12.5 Å². The molecule has 31 heavy (non-hydrogen) atoms. The molecule has 1 unspecified atom stereocenters. The smallest absolute Gasteiger partial charge is 0.414 e. The quantitative estimate of drug-likeness (QED) is 0.464. The minimum Gasteiger partial charge on any atom is -0.479 e. The summed E-state index contributed by atoms with van der Waals surface area (Å²) in [6.07, 6.45) is 0.575. The third-order valence-corrected chi connectivity index (χ3v) is 5.79. The Labute approximate surface area is 177 Å². The first-order valence-electron chi connectivity index (χ1n) is 9.98. The number of amides is 2. The molecule has 1 aromatic rings. The van der Waals surface area contributed by atoms with Crippen LogP contribution < -0.4 is 15.1 Å². The largest absolute Gasteiger partial charge is 0.479 e. The Morgan fingerprint density at radius 2 is 2.10 bits per heavy atom. The third kappa shape index (κ3) is 4.54. The third-order valence-electron chi connectivity index (χ3n) is 5.79. The van der Waals surface area contributed by atoms with Crippen molar-refractivity contribution in [3.05, 3.63) is 24.0 Å². The van der Waals surface area contributed by atoms with Crippen LogP contribution in [0, 0.1) is 23.6 Å². The van der Waals surface area contributed by atoms with Gasteiger partial charge in [-0.25, -0.2) is 14.0 Å². The van der Waals surface area contributed by atoms with Gasteiger partial charge in [0.15, 0.2) is 0 Å². The molecule has 4 rings (SSSR count). The normalized spacial score (nSPS) is 26.7. The highest BCUT2D eigenvalue weighted by Crippen LogP contribution is 2.51. The second-order valence-electron chi connectivity index (χ2n) is 7.92. The molecule has 0 radical (unpaired) electrons. The number of carboxylic acid groups (broad SMARTS) is 1. The van der Waals surface area contributed by atoms with Crippen LogP contribution >= 0.6 is 0 Å². The van der Waals surface area contributed by atoms with E-state index in [1.54, 1.807) is 18.3 Å². The minimum absolute atomic E-state index is 0.209. The highest BCUT2D eigenvalue weighted by molar-refractivity contribution is 5.90. The van der Waals surface area contributed by atoms with Crippen molar-refractivity contribution in [2.45, 2.75) is 13.0 Å². The van der Waals surface area contributed by atoms with Crippen molar-refractivity contribution in [2.24, 2.45) is 22.9 Å². The van der Waals surface area contributed by atoms with Crippen molar-refractivity contribution in [1.29, 1.82) is 0 Å². The number of hydrogen-bond acceptors (Lipinski definition) is 7. The molecule has 0 bridgehead atoms. The number of nitrogens with one attached hydrogen (secondary N) is 1. The van der Waals surface area contributed by atoms with E-state index in [1.807, 2.05) is 4.90 Å². The molecule has 166 valence electrons. The minimum atomic E-state index is -1.08. The molecular weight excluding hydrogens is 411 g/mol. The number of halogens is 1. The van der Waals surface area contributed by atoms with Crippen LogP contribution in [0.5, 0.6) is 0 Å². The first kappa shape index (κ1) is 20.9. The lowest BCUT2D eigenvalue weighted by atomic mass is 10.2. The molecule has 1 aromatic carbocycles. The number of ether oxygens (including phenoxy) is 1. The number of hydrogen-bond donors (Lipinski definition) is 2. The number of aliphatic carboxylic acids is 1. The number of cyclic esters (lactones) is 1. The molecule has 10 nitrogen and oxygen atoms in total. The van der Waals surface area contributed by atoms with Crippen LogP contribution in [-0.4, -0.2) is 68.2 Å². The number of carbonyl (C=O) groups is 3. The lowest BCUT2D eigenvalue weighted by Crippen LogP contribution is -2.33. The van der Waals surface area contributed by atoms with E-state index in [-0.39, 0.29) is 24.9 Å². The van der Waals surface area contributed by atoms with Crippen molar-refractivity contribution in [3.8, 4) is 0 Å². The fourth-order valence-electron chi connectivity index (χ4n) is 4.21. The zero-order chi connectivity index (χ0) is 22.1. The summed E-state index contributed by atoms with van der Waals surface area (Å²) in [7, 11) is 0. The Balaban J connectivity index is 1.32. The predicted octanol–water partition coefficient (Wildman–Crippen LogP) is 1.06. The van der Waals surface area contributed by atoms with Gasteiger partial charge >= 0.3 is 12.1 Å². The fourth-order valence-corrected chi connectivity index (χ4v) is 4.21. The number of nitrogens with zero attached hydrogens (tertiary/aromatic N) is 3. The first-order chi connectivity index (χ1) is 14.8. The van der Waals surface area contributed by atoms with Crippen molar-refractivity contribution < 1.29 is 33.5 Å². The molecule has 2 aliphatic heterocycles. The summed E-state index contributed by atoms with van der Waals surface area (Å²) in [5.74, 6) is -0.837. The Morgan fingerprint density at radius 1 is 1.35 bits per heavy atom. The lowest BCUT2D eigenvalue weighted by Gasteiger charge is -2.23. The van der Waals surface area contributed by atoms with Crippen molar-refractivity contribution in [2.75, 3.05) is 42.6 Å². The van der Waals surface area contributed by atoms with Crippen molar-refractivity contribution in [3.63, 3.8) is 0 Å². The van der Waals surface area contributed by atoms with Gasteiger partial charge in [0.1, 0.15) is 11.9 Å². The second kappa shape index (κ2) is 8.40. The topological polar surface area (TPSA) is 121 Å². The maximum Gasteiger partial charge on any atom is 0.414 e. The van der Waals surface area contributed by atoms with Gasteiger partial charge < -0.3 is 24.9 Å². The van der Waals surface area contributed by atoms with Crippen molar-refractivity contribution in [1.82, 2.24) is 5.32 Å². The Kier molecular flexibility index (Phi) is 5.66. The number of rotatable bonds is 8. The number of carboxylic acids is 1.